The van der Waals surface area contributed by atoms with Crippen LogP contribution in [-0.4, -0.2) is 21.5 Å². The summed E-state index contributed by atoms with van der Waals surface area (Å²) in [6, 6.07) is 6.87. The molecule has 0 fully saturated rings. The van der Waals surface area contributed by atoms with Gasteiger partial charge in [-0.3, -0.25) is 9.00 Å². The quantitative estimate of drug-likeness (QED) is 0.789. The first-order valence-electron chi connectivity index (χ1n) is 3.74. The number of carbonyl (C=O) groups is 1. The first-order valence-corrected chi connectivity index (χ1v) is 5.30. The van der Waals surface area contributed by atoms with E-state index in [0.717, 1.165) is 0 Å². The predicted molar refractivity (Wildman–Crippen MR) is 50.1 cm³/mol. The van der Waals surface area contributed by atoms with Crippen LogP contribution >= 0.6 is 0 Å². The number of hydrogen-bond donors (Lipinski definition) is 1. The third-order valence-corrected chi connectivity index (χ3v) is 2.64. The molecule has 0 unspecified atom stereocenters. The van der Waals surface area contributed by atoms with Crippen LogP contribution in [0, 0.1) is 0 Å². The Morgan fingerprint density at radius 2 is 2.08 bits per heavy atom. The fourth-order valence-electron chi connectivity index (χ4n) is 1.09. The van der Waals surface area contributed by atoms with E-state index in [1.165, 1.54) is 0 Å². The molecule has 70 valence electrons. The van der Waals surface area contributed by atoms with E-state index in [1.807, 2.05) is 0 Å². The summed E-state index contributed by atoms with van der Waals surface area (Å²) in [6.45, 7) is 0. The number of rotatable bonds is 3. The van der Waals surface area contributed by atoms with Crippen molar-refractivity contribution in [3.8, 4) is 0 Å². The highest BCUT2D eigenvalue weighted by atomic mass is 32.2. The minimum Gasteiger partial charge on any atom is -0.481 e. The van der Waals surface area contributed by atoms with E-state index in [2.05, 4.69) is 0 Å². The van der Waals surface area contributed by atoms with Gasteiger partial charge < -0.3 is 5.11 Å². The van der Waals surface area contributed by atoms with Crippen LogP contribution < -0.4 is 0 Å². The highest BCUT2D eigenvalue weighted by Gasteiger charge is 2.07. The van der Waals surface area contributed by atoms with E-state index in [4.69, 9.17) is 5.11 Å². The Labute approximate surface area is 78.9 Å². The summed E-state index contributed by atoms with van der Waals surface area (Å²) in [5.41, 5.74) is 0.621. The Kier molecular flexibility index (Phi) is 3.19. The molecule has 0 aliphatic heterocycles. The fraction of sp³-hybridized carbons (Fsp3) is 0.222. The molecule has 1 aromatic rings. The van der Waals surface area contributed by atoms with Gasteiger partial charge in [-0.2, -0.15) is 0 Å². The third kappa shape index (κ3) is 2.66. The van der Waals surface area contributed by atoms with Gasteiger partial charge in [-0.25, -0.2) is 0 Å². The van der Waals surface area contributed by atoms with E-state index in [1.54, 1.807) is 30.5 Å². The van der Waals surface area contributed by atoms with Gasteiger partial charge in [0.15, 0.2) is 0 Å². The van der Waals surface area contributed by atoms with E-state index in [-0.39, 0.29) is 6.42 Å². The number of carboxylic acids is 1. The number of aliphatic carboxylic acids is 1. The van der Waals surface area contributed by atoms with Crippen molar-refractivity contribution in [2.45, 2.75) is 11.3 Å². The molecule has 0 spiro atoms. The maximum atomic E-state index is 11.2. The molecule has 3 nitrogen and oxygen atoms in total. The van der Waals surface area contributed by atoms with Crippen LogP contribution in [0.25, 0.3) is 0 Å². The summed E-state index contributed by atoms with van der Waals surface area (Å²) in [5, 5.41) is 8.57. The molecule has 1 N–H and O–H groups in total. The standard InChI is InChI=1S/C9H10O3S/c1-13(12)8-5-3-2-4-7(8)6-9(10)11/h2-5H,6H2,1H3,(H,10,11)/t13-/m1/s1. The maximum absolute atomic E-state index is 11.2. The van der Waals surface area contributed by atoms with Gasteiger partial charge in [0.2, 0.25) is 0 Å². The van der Waals surface area contributed by atoms with Gasteiger partial charge in [0.25, 0.3) is 0 Å². The summed E-state index contributed by atoms with van der Waals surface area (Å²) >= 11 is 0. The summed E-state index contributed by atoms with van der Waals surface area (Å²) in [6.07, 6.45) is 1.47. The molecule has 0 aromatic heterocycles. The largest absolute Gasteiger partial charge is 0.481 e. The minimum absolute atomic E-state index is 0.0737. The molecule has 1 atom stereocenters. The van der Waals surface area contributed by atoms with Gasteiger partial charge in [0, 0.05) is 11.2 Å². The maximum Gasteiger partial charge on any atom is 0.307 e. The molecular weight excluding hydrogens is 188 g/mol. The van der Waals surface area contributed by atoms with Crippen LogP contribution in [-0.2, 0) is 22.0 Å². The van der Waals surface area contributed by atoms with Crippen molar-refractivity contribution in [1.29, 1.82) is 0 Å². The van der Waals surface area contributed by atoms with Crippen molar-refractivity contribution in [2.24, 2.45) is 0 Å². The molecule has 13 heavy (non-hydrogen) atoms. The number of hydrogen-bond acceptors (Lipinski definition) is 2. The zero-order chi connectivity index (χ0) is 9.84. The van der Waals surface area contributed by atoms with Crippen LogP contribution in [0.4, 0.5) is 0 Å². The van der Waals surface area contributed by atoms with Crippen LogP contribution in [0.1, 0.15) is 5.56 Å². The molecule has 0 radical (unpaired) electrons. The van der Waals surface area contributed by atoms with Crippen molar-refractivity contribution in [3.05, 3.63) is 29.8 Å². The molecule has 1 rings (SSSR count). The number of carboxylic acid groups (broad SMARTS) is 1. The highest BCUT2D eigenvalue weighted by Crippen LogP contribution is 2.12. The van der Waals surface area contributed by atoms with Crippen LogP contribution in [0.15, 0.2) is 29.2 Å². The normalized spacial score (nSPS) is 12.4. The smallest absolute Gasteiger partial charge is 0.307 e. The Morgan fingerprint density at radius 3 is 2.62 bits per heavy atom. The molecule has 1 aromatic carbocycles. The second kappa shape index (κ2) is 4.18. The zero-order valence-corrected chi connectivity index (χ0v) is 8.00. The van der Waals surface area contributed by atoms with Gasteiger partial charge in [-0.1, -0.05) is 18.2 Å². The van der Waals surface area contributed by atoms with Gasteiger partial charge >= 0.3 is 5.97 Å². The van der Waals surface area contributed by atoms with Gasteiger partial charge in [0.1, 0.15) is 0 Å². The van der Waals surface area contributed by atoms with Crippen molar-refractivity contribution in [1.82, 2.24) is 0 Å². The van der Waals surface area contributed by atoms with Crippen molar-refractivity contribution in [2.75, 3.05) is 6.26 Å². The molecule has 0 aliphatic rings. The van der Waals surface area contributed by atoms with E-state index in [9.17, 15) is 9.00 Å². The monoisotopic (exact) mass is 198 g/mol. The minimum atomic E-state index is -1.12. The average molecular weight is 198 g/mol. The molecule has 4 heteroatoms. The first kappa shape index (κ1) is 9.92. The summed E-state index contributed by atoms with van der Waals surface area (Å²) in [5.74, 6) is -0.905. The van der Waals surface area contributed by atoms with Gasteiger partial charge in [-0.05, 0) is 11.6 Å². The Hall–Kier alpha value is -1.16. The lowest BCUT2D eigenvalue weighted by Gasteiger charge is -2.03. The molecule has 0 bridgehead atoms. The first-order chi connectivity index (χ1) is 6.11. The Morgan fingerprint density at radius 1 is 1.46 bits per heavy atom. The molecule has 0 aliphatic carbocycles. The Bertz CT molecular complexity index is 346. The van der Waals surface area contributed by atoms with Crippen molar-refractivity contribution in [3.63, 3.8) is 0 Å². The fourth-order valence-corrected chi connectivity index (χ4v) is 1.87. The Balaban J connectivity index is 3.04. The van der Waals surface area contributed by atoms with Crippen molar-refractivity contribution >= 4 is 16.8 Å². The SMILES string of the molecule is C[S@@](=O)c1ccccc1CC(=O)O. The van der Waals surface area contributed by atoms with Crippen LogP contribution in [0.2, 0.25) is 0 Å². The van der Waals surface area contributed by atoms with Gasteiger partial charge in [0.05, 0.1) is 17.2 Å². The predicted octanol–water partition coefficient (Wildman–Crippen LogP) is 1.05. The third-order valence-electron chi connectivity index (χ3n) is 1.62. The van der Waals surface area contributed by atoms with E-state index in [0.29, 0.717) is 10.5 Å². The number of benzene rings is 1. The summed E-state index contributed by atoms with van der Waals surface area (Å²) < 4.78 is 11.2. The molecule has 0 amide bonds. The second-order valence-corrected chi connectivity index (χ2v) is 3.98. The molecular formula is C9H10O3S. The molecule has 0 saturated heterocycles. The van der Waals surface area contributed by atoms with Crippen LogP contribution in [0.3, 0.4) is 0 Å². The summed E-state index contributed by atoms with van der Waals surface area (Å²) in [4.78, 5) is 11.0. The topological polar surface area (TPSA) is 54.4 Å². The highest BCUT2D eigenvalue weighted by molar-refractivity contribution is 7.84. The summed E-state index contributed by atoms with van der Waals surface area (Å²) in [7, 11) is -1.12. The molecule has 0 heterocycles. The zero-order valence-electron chi connectivity index (χ0n) is 7.19. The second-order valence-electron chi connectivity index (χ2n) is 2.63. The van der Waals surface area contributed by atoms with Crippen LogP contribution in [0.5, 0.6) is 0 Å². The lowest BCUT2D eigenvalue weighted by Crippen LogP contribution is -2.03. The van der Waals surface area contributed by atoms with Crippen molar-refractivity contribution < 1.29 is 14.1 Å². The lowest BCUT2D eigenvalue weighted by molar-refractivity contribution is -0.136. The van der Waals surface area contributed by atoms with Gasteiger partial charge in [-0.15, -0.1) is 0 Å². The van der Waals surface area contributed by atoms with E-state index >= 15 is 0 Å². The average Bonchev–Trinajstić information content (AvgIpc) is 2.03. The molecule has 0 saturated carbocycles. The van der Waals surface area contributed by atoms with E-state index < -0.39 is 16.8 Å². The lowest BCUT2D eigenvalue weighted by atomic mass is 10.1.